The number of hydrogen-bond donors (Lipinski definition) is 0. The highest BCUT2D eigenvalue weighted by Gasteiger charge is 2.53. The van der Waals surface area contributed by atoms with E-state index in [9.17, 15) is 18.0 Å². The minimum Gasteiger partial charge on any atom is -0.497 e. The maximum Gasteiger partial charge on any atom is 0.393 e. The first-order valence-corrected chi connectivity index (χ1v) is 10.7. The van der Waals surface area contributed by atoms with E-state index in [1.54, 1.807) is 29.2 Å². The second kappa shape index (κ2) is 9.36. The van der Waals surface area contributed by atoms with E-state index in [-0.39, 0.29) is 13.1 Å². The van der Waals surface area contributed by atoms with Gasteiger partial charge in [0.2, 0.25) is 5.91 Å². The van der Waals surface area contributed by atoms with Gasteiger partial charge in [-0.3, -0.25) is 9.69 Å². The summed E-state index contributed by atoms with van der Waals surface area (Å²) in [5.74, 6) is -1.69. The highest BCUT2D eigenvalue weighted by atomic mass is 19.4. The quantitative estimate of drug-likeness (QED) is 0.704. The Morgan fingerprint density at radius 3 is 2.47 bits per heavy atom. The number of amides is 1. The van der Waals surface area contributed by atoms with Crippen molar-refractivity contribution >= 4 is 11.7 Å². The van der Waals surface area contributed by atoms with Crippen molar-refractivity contribution in [3.63, 3.8) is 0 Å². The minimum absolute atomic E-state index is 0.121. The molecule has 0 spiro atoms. The van der Waals surface area contributed by atoms with Crippen molar-refractivity contribution in [1.29, 1.82) is 0 Å². The standard InChI is InChI=1S/C23H27F3N4O2/c1-32-18-7-8-27-21(13-18)29-9-11-30(12-10-29)22(31)19-15-28(16-20(19)23(24,25)26)14-17-5-3-2-4-6-17/h2-8,13,19-20H,9-12,14-16H2,1H3. The van der Waals surface area contributed by atoms with Crippen LogP contribution in [0.2, 0.25) is 0 Å². The second-order valence-corrected chi connectivity index (χ2v) is 8.30. The Balaban J connectivity index is 1.40. The van der Waals surface area contributed by atoms with Crippen LogP contribution in [-0.4, -0.2) is 73.2 Å². The number of halogens is 3. The van der Waals surface area contributed by atoms with Gasteiger partial charge in [0, 0.05) is 58.1 Å². The summed E-state index contributed by atoms with van der Waals surface area (Å²) in [5, 5.41) is 0. The Morgan fingerprint density at radius 2 is 1.81 bits per heavy atom. The molecule has 1 aromatic heterocycles. The average Bonchev–Trinajstić information content (AvgIpc) is 3.24. The maximum atomic E-state index is 13.8. The normalized spacial score (nSPS) is 22.2. The highest BCUT2D eigenvalue weighted by Crippen LogP contribution is 2.39. The first kappa shape index (κ1) is 22.4. The molecule has 2 fully saturated rings. The molecule has 2 aliphatic rings. The Morgan fingerprint density at radius 1 is 1.09 bits per heavy atom. The van der Waals surface area contributed by atoms with Gasteiger partial charge >= 0.3 is 6.18 Å². The van der Waals surface area contributed by atoms with Gasteiger partial charge in [-0.05, 0) is 11.6 Å². The topological polar surface area (TPSA) is 48.9 Å². The van der Waals surface area contributed by atoms with Crippen LogP contribution in [0.1, 0.15) is 5.56 Å². The zero-order chi connectivity index (χ0) is 22.7. The molecule has 4 rings (SSSR count). The van der Waals surface area contributed by atoms with Gasteiger partial charge in [-0.15, -0.1) is 0 Å². The number of methoxy groups -OCH3 is 1. The van der Waals surface area contributed by atoms with Gasteiger partial charge in [-0.25, -0.2) is 4.98 Å². The van der Waals surface area contributed by atoms with E-state index >= 15 is 0 Å². The molecule has 32 heavy (non-hydrogen) atoms. The summed E-state index contributed by atoms with van der Waals surface area (Å²) in [7, 11) is 1.58. The van der Waals surface area contributed by atoms with Crippen molar-refractivity contribution in [3.05, 3.63) is 54.2 Å². The van der Waals surface area contributed by atoms with Crippen molar-refractivity contribution in [2.45, 2.75) is 12.7 Å². The molecule has 1 amide bonds. The molecule has 0 saturated carbocycles. The number of rotatable bonds is 5. The van der Waals surface area contributed by atoms with E-state index in [2.05, 4.69) is 4.98 Å². The molecule has 2 unspecified atom stereocenters. The fourth-order valence-corrected chi connectivity index (χ4v) is 4.53. The molecule has 2 saturated heterocycles. The van der Waals surface area contributed by atoms with Crippen LogP contribution in [0, 0.1) is 11.8 Å². The molecule has 0 aliphatic carbocycles. The number of benzene rings is 1. The van der Waals surface area contributed by atoms with Crippen LogP contribution in [0.5, 0.6) is 5.75 Å². The summed E-state index contributed by atoms with van der Waals surface area (Å²) in [5.41, 5.74) is 0.945. The predicted octanol–water partition coefficient (Wildman–Crippen LogP) is 3.05. The van der Waals surface area contributed by atoms with Crippen LogP contribution in [0.4, 0.5) is 19.0 Å². The zero-order valence-electron chi connectivity index (χ0n) is 18.0. The van der Waals surface area contributed by atoms with E-state index in [1.807, 2.05) is 41.3 Å². The third-order valence-electron chi connectivity index (χ3n) is 6.25. The molecular weight excluding hydrogens is 421 g/mol. The summed E-state index contributed by atoms with van der Waals surface area (Å²) >= 11 is 0. The Hall–Kier alpha value is -2.81. The molecule has 9 heteroatoms. The van der Waals surface area contributed by atoms with E-state index < -0.39 is 23.9 Å². The van der Waals surface area contributed by atoms with Gasteiger partial charge in [-0.2, -0.15) is 13.2 Å². The number of carbonyl (C=O) groups excluding carboxylic acids is 1. The number of nitrogens with zero attached hydrogens (tertiary/aromatic N) is 4. The van der Waals surface area contributed by atoms with Crippen molar-refractivity contribution in [3.8, 4) is 5.75 Å². The van der Waals surface area contributed by atoms with Crippen molar-refractivity contribution in [1.82, 2.24) is 14.8 Å². The van der Waals surface area contributed by atoms with Crippen molar-refractivity contribution in [2.24, 2.45) is 11.8 Å². The largest absolute Gasteiger partial charge is 0.497 e. The number of ether oxygens (including phenoxy) is 1. The predicted molar refractivity (Wildman–Crippen MR) is 114 cm³/mol. The number of likely N-dealkylation sites (tertiary alicyclic amines) is 1. The summed E-state index contributed by atoms with van der Waals surface area (Å²) in [4.78, 5) is 22.8. The summed E-state index contributed by atoms with van der Waals surface area (Å²) in [6.07, 6.45) is -2.75. The number of hydrogen-bond acceptors (Lipinski definition) is 5. The molecule has 0 bridgehead atoms. The Labute approximate surface area is 185 Å². The van der Waals surface area contributed by atoms with Crippen molar-refractivity contribution in [2.75, 3.05) is 51.3 Å². The lowest BCUT2D eigenvalue weighted by Gasteiger charge is -2.37. The SMILES string of the molecule is COc1ccnc(N2CCN(C(=O)C3CN(Cc4ccccc4)CC3C(F)(F)F)CC2)c1. The molecule has 0 N–H and O–H groups in total. The molecule has 1 aromatic carbocycles. The summed E-state index contributed by atoms with van der Waals surface area (Å²) in [6, 6.07) is 13.0. The number of aromatic nitrogens is 1. The average molecular weight is 448 g/mol. The first-order chi connectivity index (χ1) is 15.3. The highest BCUT2D eigenvalue weighted by molar-refractivity contribution is 5.80. The molecular formula is C23H27F3N4O2. The summed E-state index contributed by atoms with van der Waals surface area (Å²) in [6.45, 7) is 2.16. The van der Waals surface area contributed by atoms with Crippen LogP contribution >= 0.6 is 0 Å². The number of alkyl halides is 3. The first-order valence-electron chi connectivity index (χ1n) is 10.7. The minimum atomic E-state index is -4.40. The van der Waals surface area contributed by atoms with Gasteiger partial charge < -0.3 is 14.5 Å². The Bertz CT molecular complexity index is 917. The Kier molecular flexibility index (Phi) is 6.55. The van der Waals surface area contributed by atoms with E-state index in [1.165, 1.54) is 0 Å². The van der Waals surface area contributed by atoms with Gasteiger partial charge in [0.25, 0.3) is 0 Å². The molecule has 2 aliphatic heterocycles. The lowest BCUT2D eigenvalue weighted by Crippen LogP contribution is -2.52. The maximum absolute atomic E-state index is 13.8. The zero-order valence-corrected chi connectivity index (χ0v) is 18.0. The number of piperazine rings is 1. The fraction of sp³-hybridized carbons (Fsp3) is 0.478. The molecule has 3 heterocycles. The van der Waals surface area contributed by atoms with Gasteiger partial charge in [-0.1, -0.05) is 30.3 Å². The number of anilines is 1. The van der Waals surface area contributed by atoms with Crippen molar-refractivity contribution < 1.29 is 22.7 Å². The van der Waals surface area contributed by atoms with Crippen LogP contribution in [0.25, 0.3) is 0 Å². The monoisotopic (exact) mass is 448 g/mol. The van der Waals surface area contributed by atoms with E-state index in [0.717, 1.165) is 11.4 Å². The smallest absolute Gasteiger partial charge is 0.393 e. The third-order valence-corrected chi connectivity index (χ3v) is 6.25. The molecule has 172 valence electrons. The molecule has 6 nitrogen and oxygen atoms in total. The lowest BCUT2D eigenvalue weighted by molar-refractivity contribution is -0.186. The van der Waals surface area contributed by atoms with E-state index in [0.29, 0.717) is 38.5 Å². The molecule has 2 atom stereocenters. The van der Waals surface area contributed by atoms with Gasteiger partial charge in [0.15, 0.2) is 0 Å². The van der Waals surface area contributed by atoms with Crippen LogP contribution in [-0.2, 0) is 11.3 Å². The summed E-state index contributed by atoms with van der Waals surface area (Å²) < 4.78 is 46.6. The van der Waals surface area contributed by atoms with Gasteiger partial charge in [0.05, 0.1) is 18.9 Å². The van der Waals surface area contributed by atoms with Crippen LogP contribution in [0.3, 0.4) is 0 Å². The van der Waals surface area contributed by atoms with E-state index in [4.69, 9.17) is 4.74 Å². The third kappa shape index (κ3) is 4.98. The molecule has 2 aromatic rings. The van der Waals surface area contributed by atoms with Crippen LogP contribution in [0.15, 0.2) is 48.7 Å². The second-order valence-electron chi connectivity index (χ2n) is 8.30. The lowest BCUT2D eigenvalue weighted by atomic mass is 9.93. The fourth-order valence-electron chi connectivity index (χ4n) is 4.53. The molecule has 0 radical (unpaired) electrons. The van der Waals surface area contributed by atoms with Gasteiger partial charge in [0.1, 0.15) is 11.6 Å². The number of pyridine rings is 1. The van der Waals surface area contributed by atoms with Crippen LogP contribution < -0.4 is 9.64 Å². The number of carbonyl (C=O) groups is 1.